The average Bonchev–Trinajstić information content (AvgIpc) is 2.96. The fourth-order valence-corrected chi connectivity index (χ4v) is 3.08. The fraction of sp³-hybridized carbons (Fsp3) is 0.286. The molecule has 3 rings (SSSR count). The second-order valence-corrected chi connectivity index (χ2v) is 5.41. The first-order valence-corrected chi connectivity index (χ1v) is 6.70. The second kappa shape index (κ2) is 4.17. The number of ether oxygens (including phenoxy) is 1. The Morgan fingerprint density at radius 2 is 2.35 bits per heavy atom. The third-order valence-corrected chi connectivity index (χ3v) is 3.99. The molecule has 0 radical (unpaired) electrons. The zero-order valence-electron chi connectivity index (χ0n) is 9.77. The van der Waals surface area contributed by atoms with E-state index >= 15 is 0 Å². The molecule has 0 bridgehead atoms. The molecule has 1 aliphatic heterocycles. The highest BCUT2D eigenvalue weighted by atomic mass is 32.1. The van der Waals surface area contributed by atoms with E-state index in [2.05, 4.69) is 36.6 Å². The van der Waals surface area contributed by atoms with Crippen LogP contribution in [-0.2, 0) is 6.42 Å². The highest BCUT2D eigenvalue weighted by Gasteiger charge is 2.25. The minimum absolute atomic E-state index is 0.144. The zero-order valence-corrected chi connectivity index (χ0v) is 10.6. The lowest BCUT2D eigenvalue weighted by molar-refractivity contribution is 0.242. The topological polar surface area (TPSA) is 35.2 Å². The Balaban J connectivity index is 2.12. The third-order valence-electron chi connectivity index (χ3n) is 3.09. The van der Waals surface area contributed by atoms with E-state index < -0.39 is 0 Å². The lowest BCUT2D eigenvalue weighted by atomic mass is 10.0. The molecular weight excluding hydrogens is 230 g/mol. The SMILES string of the molecule is Cc1cc2c(c(-c3cccs3)c1)OC(CN)C2. The van der Waals surface area contributed by atoms with Gasteiger partial charge >= 0.3 is 0 Å². The summed E-state index contributed by atoms with van der Waals surface area (Å²) in [5, 5.41) is 2.10. The van der Waals surface area contributed by atoms with E-state index in [4.69, 9.17) is 10.5 Å². The Kier molecular flexibility index (Phi) is 2.65. The molecule has 2 nitrogen and oxygen atoms in total. The van der Waals surface area contributed by atoms with Gasteiger partial charge in [0.15, 0.2) is 0 Å². The first kappa shape index (κ1) is 10.8. The van der Waals surface area contributed by atoms with Gasteiger partial charge in [-0.1, -0.05) is 12.1 Å². The number of rotatable bonds is 2. The van der Waals surface area contributed by atoms with Gasteiger partial charge in [-0.3, -0.25) is 0 Å². The molecule has 17 heavy (non-hydrogen) atoms. The van der Waals surface area contributed by atoms with Gasteiger partial charge in [-0.25, -0.2) is 0 Å². The van der Waals surface area contributed by atoms with Crippen LogP contribution in [0.1, 0.15) is 11.1 Å². The maximum atomic E-state index is 5.95. The Hall–Kier alpha value is -1.32. The summed E-state index contributed by atoms with van der Waals surface area (Å²) in [7, 11) is 0. The van der Waals surface area contributed by atoms with Crippen LogP contribution in [0.5, 0.6) is 5.75 Å². The highest BCUT2D eigenvalue weighted by molar-refractivity contribution is 7.13. The maximum Gasteiger partial charge on any atom is 0.131 e. The monoisotopic (exact) mass is 245 g/mol. The summed E-state index contributed by atoms with van der Waals surface area (Å²) in [6.07, 6.45) is 1.08. The molecule has 2 heterocycles. The van der Waals surface area contributed by atoms with Crippen LogP contribution in [0.25, 0.3) is 10.4 Å². The molecule has 1 aliphatic rings. The standard InChI is InChI=1S/C14H15NOS/c1-9-5-10-7-11(8-15)16-14(10)12(6-9)13-3-2-4-17-13/h2-6,11H,7-8,15H2,1H3. The molecule has 88 valence electrons. The number of aryl methyl sites for hydroxylation is 1. The van der Waals surface area contributed by atoms with E-state index in [9.17, 15) is 0 Å². The van der Waals surface area contributed by atoms with Crippen molar-refractivity contribution in [3.05, 3.63) is 40.8 Å². The van der Waals surface area contributed by atoms with Crippen LogP contribution >= 0.6 is 11.3 Å². The van der Waals surface area contributed by atoms with Gasteiger partial charge < -0.3 is 10.5 Å². The fourth-order valence-electron chi connectivity index (χ4n) is 2.34. The molecule has 2 N–H and O–H groups in total. The lowest BCUT2D eigenvalue weighted by Gasteiger charge is -2.10. The molecule has 0 spiro atoms. The molecule has 1 aromatic heterocycles. The zero-order chi connectivity index (χ0) is 11.8. The summed E-state index contributed by atoms with van der Waals surface area (Å²) >= 11 is 1.75. The van der Waals surface area contributed by atoms with Gasteiger partial charge in [-0.2, -0.15) is 0 Å². The molecule has 2 aromatic rings. The number of hydrogen-bond acceptors (Lipinski definition) is 3. The van der Waals surface area contributed by atoms with E-state index in [0.29, 0.717) is 6.54 Å². The summed E-state index contributed by atoms with van der Waals surface area (Å²) in [6.45, 7) is 2.71. The molecule has 1 aromatic carbocycles. The maximum absolute atomic E-state index is 5.95. The molecule has 0 fully saturated rings. The number of hydrogen-bond donors (Lipinski definition) is 1. The molecule has 0 aliphatic carbocycles. The number of thiophene rings is 1. The Morgan fingerprint density at radius 1 is 1.47 bits per heavy atom. The smallest absolute Gasteiger partial charge is 0.131 e. The van der Waals surface area contributed by atoms with Crippen molar-refractivity contribution in [3.63, 3.8) is 0 Å². The van der Waals surface area contributed by atoms with Crippen molar-refractivity contribution < 1.29 is 4.74 Å². The first-order valence-electron chi connectivity index (χ1n) is 5.82. The molecular formula is C14H15NOS. The van der Waals surface area contributed by atoms with Crippen LogP contribution in [0.4, 0.5) is 0 Å². The number of nitrogens with two attached hydrogens (primary N) is 1. The average molecular weight is 245 g/mol. The Morgan fingerprint density at radius 3 is 3.06 bits per heavy atom. The normalized spacial score (nSPS) is 17.9. The van der Waals surface area contributed by atoms with Crippen LogP contribution in [0, 0.1) is 6.92 Å². The Bertz CT molecular complexity index is 533. The predicted octanol–water partition coefficient (Wildman–Crippen LogP) is 2.99. The summed E-state index contributed by atoms with van der Waals surface area (Å²) in [4.78, 5) is 1.27. The molecule has 0 saturated carbocycles. The van der Waals surface area contributed by atoms with Gasteiger partial charge in [0.25, 0.3) is 0 Å². The van der Waals surface area contributed by atoms with Gasteiger partial charge in [-0.05, 0) is 35.6 Å². The van der Waals surface area contributed by atoms with E-state index in [-0.39, 0.29) is 6.10 Å². The minimum atomic E-state index is 0.144. The molecule has 1 atom stereocenters. The Labute approximate surface area is 105 Å². The lowest BCUT2D eigenvalue weighted by Crippen LogP contribution is -2.24. The van der Waals surface area contributed by atoms with Crippen LogP contribution < -0.4 is 10.5 Å². The van der Waals surface area contributed by atoms with Crippen molar-refractivity contribution in [1.82, 2.24) is 0 Å². The van der Waals surface area contributed by atoms with Crippen molar-refractivity contribution >= 4 is 11.3 Å². The van der Waals surface area contributed by atoms with Crippen molar-refractivity contribution in [2.75, 3.05) is 6.54 Å². The minimum Gasteiger partial charge on any atom is -0.488 e. The van der Waals surface area contributed by atoms with Crippen LogP contribution in [0.2, 0.25) is 0 Å². The van der Waals surface area contributed by atoms with Crippen LogP contribution in [-0.4, -0.2) is 12.6 Å². The van der Waals surface area contributed by atoms with Crippen molar-refractivity contribution in [2.24, 2.45) is 5.73 Å². The van der Waals surface area contributed by atoms with Gasteiger partial charge in [0.05, 0.1) is 0 Å². The van der Waals surface area contributed by atoms with Crippen molar-refractivity contribution in [3.8, 4) is 16.2 Å². The predicted molar refractivity (Wildman–Crippen MR) is 71.7 cm³/mol. The van der Waals surface area contributed by atoms with Gasteiger partial charge in [0.2, 0.25) is 0 Å². The summed E-state index contributed by atoms with van der Waals surface area (Å²) in [6, 6.07) is 8.62. The number of fused-ring (bicyclic) bond motifs is 1. The van der Waals surface area contributed by atoms with Crippen LogP contribution in [0.15, 0.2) is 29.6 Å². The van der Waals surface area contributed by atoms with Gasteiger partial charge in [0, 0.05) is 23.4 Å². The molecule has 3 heteroatoms. The molecule has 0 amide bonds. The van der Waals surface area contributed by atoms with E-state index in [1.807, 2.05) is 0 Å². The van der Waals surface area contributed by atoms with E-state index in [1.165, 1.54) is 21.6 Å². The van der Waals surface area contributed by atoms with Gasteiger partial charge in [-0.15, -0.1) is 11.3 Å². The summed E-state index contributed by atoms with van der Waals surface area (Å²) in [5.74, 6) is 1.04. The molecule has 1 unspecified atom stereocenters. The van der Waals surface area contributed by atoms with E-state index in [0.717, 1.165) is 12.2 Å². The van der Waals surface area contributed by atoms with Crippen molar-refractivity contribution in [1.29, 1.82) is 0 Å². The van der Waals surface area contributed by atoms with E-state index in [1.54, 1.807) is 11.3 Å². The highest BCUT2D eigenvalue weighted by Crippen LogP contribution is 2.41. The largest absolute Gasteiger partial charge is 0.488 e. The molecule has 0 saturated heterocycles. The third kappa shape index (κ3) is 1.85. The first-order chi connectivity index (χ1) is 8.28. The summed E-state index contributed by atoms with van der Waals surface area (Å²) < 4.78 is 5.95. The van der Waals surface area contributed by atoms with Gasteiger partial charge in [0.1, 0.15) is 11.9 Å². The number of benzene rings is 1. The van der Waals surface area contributed by atoms with Crippen molar-refractivity contribution in [2.45, 2.75) is 19.4 Å². The quantitative estimate of drug-likeness (QED) is 0.882. The second-order valence-electron chi connectivity index (χ2n) is 4.46. The summed E-state index contributed by atoms with van der Waals surface area (Å²) in [5.41, 5.74) is 9.49. The van der Waals surface area contributed by atoms with Crippen LogP contribution in [0.3, 0.4) is 0 Å².